The van der Waals surface area contributed by atoms with E-state index in [9.17, 15) is 9.59 Å². The first-order valence-electron chi connectivity index (χ1n) is 10.0. The average Bonchev–Trinajstić information content (AvgIpc) is 2.68. The molecule has 1 aromatic heterocycles. The monoisotopic (exact) mass is 373 g/mol. The Bertz CT molecular complexity index is 685. The minimum absolute atomic E-state index is 0.0421. The first-order chi connectivity index (χ1) is 13.0. The molecule has 0 unspecified atom stereocenters. The van der Waals surface area contributed by atoms with Gasteiger partial charge < -0.3 is 9.80 Å². The van der Waals surface area contributed by atoms with Crippen molar-refractivity contribution in [1.29, 1.82) is 0 Å². The van der Waals surface area contributed by atoms with Crippen molar-refractivity contribution in [3.05, 3.63) is 23.3 Å². The topological polar surface area (TPSA) is 69.6 Å². The molecule has 3 heterocycles. The number of aromatic nitrogens is 2. The number of nitrogens with zero attached hydrogens (tertiary/aromatic N) is 5. The normalized spacial score (nSPS) is 21.1. The van der Waals surface area contributed by atoms with Crippen LogP contribution in [-0.2, 0) is 4.79 Å². The van der Waals surface area contributed by atoms with E-state index in [-0.39, 0.29) is 17.9 Å². The summed E-state index contributed by atoms with van der Waals surface area (Å²) in [7, 11) is 3.56. The van der Waals surface area contributed by atoms with Crippen LogP contribution in [0, 0.1) is 6.92 Å². The van der Waals surface area contributed by atoms with Gasteiger partial charge in [-0.15, -0.1) is 0 Å². The molecule has 1 atom stereocenters. The zero-order valence-electron chi connectivity index (χ0n) is 16.8. The Labute approximate surface area is 161 Å². The third-order valence-corrected chi connectivity index (χ3v) is 5.62. The summed E-state index contributed by atoms with van der Waals surface area (Å²) in [5.74, 6) is 0.867. The third kappa shape index (κ3) is 4.64. The molecule has 2 saturated heterocycles. The van der Waals surface area contributed by atoms with Gasteiger partial charge in [0.2, 0.25) is 5.91 Å². The molecule has 0 aromatic carbocycles. The molecule has 0 aliphatic carbocycles. The lowest BCUT2D eigenvalue weighted by molar-refractivity contribution is -0.130. The minimum atomic E-state index is 0.0421. The summed E-state index contributed by atoms with van der Waals surface area (Å²) in [5.41, 5.74) is 1.34. The molecule has 0 bridgehead atoms. The van der Waals surface area contributed by atoms with Gasteiger partial charge in [-0.05, 0) is 45.6 Å². The number of hydrogen-bond donors (Lipinski definition) is 0. The van der Waals surface area contributed by atoms with E-state index in [1.54, 1.807) is 25.2 Å². The average molecular weight is 374 g/mol. The van der Waals surface area contributed by atoms with E-state index >= 15 is 0 Å². The molecular weight excluding hydrogens is 342 g/mol. The molecule has 1 aromatic rings. The van der Waals surface area contributed by atoms with Crippen LogP contribution < -0.4 is 0 Å². The number of carbonyl (C=O) groups is 2. The molecular formula is C20H31N5O2. The van der Waals surface area contributed by atoms with Crippen LogP contribution >= 0.6 is 0 Å². The predicted molar refractivity (Wildman–Crippen MR) is 103 cm³/mol. The molecule has 2 aliphatic heterocycles. The van der Waals surface area contributed by atoms with Gasteiger partial charge in [0, 0.05) is 33.4 Å². The van der Waals surface area contributed by atoms with Gasteiger partial charge in [0.25, 0.3) is 5.91 Å². The maximum absolute atomic E-state index is 12.8. The summed E-state index contributed by atoms with van der Waals surface area (Å²) in [5, 5.41) is 0. The van der Waals surface area contributed by atoms with E-state index in [0.717, 1.165) is 63.3 Å². The first kappa shape index (κ1) is 19.7. The Morgan fingerprint density at radius 3 is 2.48 bits per heavy atom. The Morgan fingerprint density at radius 1 is 1.11 bits per heavy atom. The minimum Gasteiger partial charge on any atom is -0.348 e. The molecule has 2 amide bonds. The zero-order valence-corrected chi connectivity index (χ0v) is 16.8. The molecule has 0 N–H and O–H groups in total. The van der Waals surface area contributed by atoms with Crippen molar-refractivity contribution in [2.24, 2.45) is 0 Å². The second kappa shape index (κ2) is 8.78. The molecule has 2 fully saturated rings. The number of piperidine rings is 2. The molecule has 7 heteroatoms. The largest absolute Gasteiger partial charge is 0.348 e. The summed E-state index contributed by atoms with van der Waals surface area (Å²) in [6, 6.07) is 0.0421. The number of likely N-dealkylation sites (tertiary alicyclic amines) is 2. The summed E-state index contributed by atoms with van der Waals surface area (Å²) in [6.07, 6.45) is 8.16. The molecule has 0 radical (unpaired) electrons. The van der Waals surface area contributed by atoms with E-state index in [4.69, 9.17) is 0 Å². The van der Waals surface area contributed by atoms with E-state index in [1.165, 1.54) is 6.42 Å². The first-order valence-corrected chi connectivity index (χ1v) is 10.0. The van der Waals surface area contributed by atoms with Crippen molar-refractivity contribution in [3.63, 3.8) is 0 Å². The van der Waals surface area contributed by atoms with Gasteiger partial charge in [-0.1, -0.05) is 6.42 Å². The fourth-order valence-electron chi connectivity index (χ4n) is 3.91. The van der Waals surface area contributed by atoms with E-state index in [2.05, 4.69) is 14.9 Å². The van der Waals surface area contributed by atoms with Gasteiger partial charge in [-0.2, -0.15) is 0 Å². The standard InChI is InChI=1S/C20H31N5O2/c1-15-16(20(27)24-10-6-4-7-11-24)13-21-19(22-15)17-9-5-8-12-25(17)14-18(26)23(2)3/h13,17H,4-12,14H2,1-3H3/t17-/m1/s1. The SMILES string of the molecule is Cc1nc([C@H]2CCCCN2CC(=O)N(C)C)ncc1C(=O)N1CCCCC1. The van der Waals surface area contributed by atoms with E-state index in [1.807, 2.05) is 11.8 Å². The second-order valence-corrected chi connectivity index (χ2v) is 7.85. The summed E-state index contributed by atoms with van der Waals surface area (Å²) in [6.45, 7) is 4.79. The predicted octanol–water partition coefficient (Wildman–Crippen LogP) is 2.03. The van der Waals surface area contributed by atoms with Crippen molar-refractivity contribution in [3.8, 4) is 0 Å². The van der Waals surface area contributed by atoms with Crippen LogP contribution in [0.5, 0.6) is 0 Å². The van der Waals surface area contributed by atoms with Crippen molar-refractivity contribution < 1.29 is 9.59 Å². The summed E-state index contributed by atoms with van der Waals surface area (Å²) >= 11 is 0. The Balaban J connectivity index is 1.76. The maximum Gasteiger partial charge on any atom is 0.257 e. The van der Waals surface area contributed by atoms with Gasteiger partial charge >= 0.3 is 0 Å². The fraction of sp³-hybridized carbons (Fsp3) is 0.700. The molecule has 0 spiro atoms. The summed E-state index contributed by atoms with van der Waals surface area (Å²) < 4.78 is 0. The molecule has 3 rings (SSSR count). The highest BCUT2D eigenvalue weighted by atomic mass is 16.2. The van der Waals surface area contributed by atoms with Crippen molar-refractivity contribution in [2.75, 3.05) is 40.3 Å². The van der Waals surface area contributed by atoms with Gasteiger partial charge in [0.15, 0.2) is 0 Å². The van der Waals surface area contributed by atoms with Crippen LogP contribution in [0.1, 0.15) is 66.4 Å². The van der Waals surface area contributed by atoms with Crippen molar-refractivity contribution >= 4 is 11.8 Å². The Kier molecular flexibility index (Phi) is 6.42. The number of aryl methyl sites for hydroxylation is 1. The highest BCUT2D eigenvalue weighted by Gasteiger charge is 2.29. The van der Waals surface area contributed by atoms with Crippen LogP contribution in [0.4, 0.5) is 0 Å². The lowest BCUT2D eigenvalue weighted by atomic mass is 10.0. The van der Waals surface area contributed by atoms with Crippen LogP contribution in [0.3, 0.4) is 0 Å². The maximum atomic E-state index is 12.8. The van der Waals surface area contributed by atoms with E-state index < -0.39 is 0 Å². The zero-order chi connectivity index (χ0) is 19.4. The molecule has 7 nitrogen and oxygen atoms in total. The van der Waals surface area contributed by atoms with Gasteiger partial charge in [0.05, 0.1) is 23.8 Å². The number of rotatable bonds is 4. The molecule has 27 heavy (non-hydrogen) atoms. The Morgan fingerprint density at radius 2 is 1.81 bits per heavy atom. The lowest BCUT2D eigenvalue weighted by Crippen LogP contribution is -2.42. The van der Waals surface area contributed by atoms with Gasteiger partial charge in [0.1, 0.15) is 5.82 Å². The number of carbonyl (C=O) groups excluding carboxylic acids is 2. The van der Waals surface area contributed by atoms with Gasteiger partial charge in [-0.25, -0.2) is 9.97 Å². The number of amides is 2. The lowest BCUT2D eigenvalue weighted by Gasteiger charge is -2.35. The highest BCUT2D eigenvalue weighted by molar-refractivity contribution is 5.95. The summed E-state index contributed by atoms with van der Waals surface area (Å²) in [4.78, 5) is 39.9. The third-order valence-electron chi connectivity index (χ3n) is 5.62. The van der Waals surface area contributed by atoms with Crippen LogP contribution in [0.25, 0.3) is 0 Å². The van der Waals surface area contributed by atoms with E-state index in [0.29, 0.717) is 12.1 Å². The van der Waals surface area contributed by atoms with Crippen LogP contribution in [-0.4, -0.2) is 76.8 Å². The number of hydrogen-bond acceptors (Lipinski definition) is 5. The fourth-order valence-corrected chi connectivity index (χ4v) is 3.91. The van der Waals surface area contributed by atoms with Crippen molar-refractivity contribution in [1.82, 2.24) is 24.7 Å². The molecule has 148 valence electrons. The Hall–Kier alpha value is -2.02. The second-order valence-electron chi connectivity index (χ2n) is 7.85. The quantitative estimate of drug-likeness (QED) is 0.808. The molecule has 2 aliphatic rings. The van der Waals surface area contributed by atoms with Crippen molar-refractivity contribution in [2.45, 2.75) is 51.5 Å². The molecule has 0 saturated carbocycles. The van der Waals surface area contributed by atoms with Gasteiger partial charge in [-0.3, -0.25) is 14.5 Å². The number of likely N-dealkylation sites (N-methyl/N-ethyl adjacent to an activating group) is 1. The smallest absolute Gasteiger partial charge is 0.257 e. The highest BCUT2D eigenvalue weighted by Crippen LogP contribution is 2.29. The van der Waals surface area contributed by atoms with Crippen LogP contribution in [0.15, 0.2) is 6.20 Å². The van der Waals surface area contributed by atoms with Crippen LogP contribution in [0.2, 0.25) is 0 Å².